The normalized spacial score (nSPS) is 20.3. The van der Waals surface area contributed by atoms with E-state index in [-0.39, 0.29) is 11.9 Å². The van der Waals surface area contributed by atoms with Crippen LogP contribution in [0.3, 0.4) is 0 Å². The Morgan fingerprint density at radius 3 is 3.14 bits per heavy atom. The Bertz CT molecular complexity index is 716. The van der Waals surface area contributed by atoms with Gasteiger partial charge >= 0.3 is 0 Å². The lowest BCUT2D eigenvalue weighted by atomic mass is 9.96. The molecule has 6 nitrogen and oxygen atoms in total. The third kappa shape index (κ3) is 2.32. The molecule has 0 unspecified atom stereocenters. The molecule has 0 saturated carbocycles. The van der Waals surface area contributed by atoms with Crippen LogP contribution >= 0.6 is 0 Å². The van der Waals surface area contributed by atoms with Gasteiger partial charge in [-0.3, -0.25) is 4.79 Å². The van der Waals surface area contributed by atoms with Gasteiger partial charge in [0.25, 0.3) is 5.91 Å². The van der Waals surface area contributed by atoms with Crippen LogP contribution in [0.4, 0.5) is 0 Å². The van der Waals surface area contributed by atoms with Crippen LogP contribution in [0.25, 0.3) is 0 Å². The summed E-state index contributed by atoms with van der Waals surface area (Å²) in [6.45, 7) is 2.78. The van der Waals surface area contributed by atoms with Gasteiger partial charge in [-0.05, 0) is 32.6 Å². The Morgan fingerprint density at radius 2 is 2.23 bits per heavy atom. The molecule has 0 saturated heterocycles. The zero-order valence-corrected chi connectivity index (χ0v) is 12.8. The van der Waals surface area contributed by atoms with Gasteiger partial charge in [0.1, 0.15) is 11.6 Å². The van der Waals surface area contributed by atoms with Crippen LogP contribution < -0.4 is 5.32 Å². The molecule has 3 heterocycles. The van der Waals surface area contributed by atoms with Crippen molar-refractivity contribution in [3.63, 3.8) is 0 Å². The molecule has 22 heavy (non-hydrogen) atoms. The minimum absolute atomic E-state index is 0.0998. The van der Waals surface area contributed by atoms with E-state index in [0.29, 0.717) is 5.69 Å². The molecule has 0 bridgehead atoms. The van der Waals surface area contributed by atoms with E-state index < -0.39 is 0 Å². The van der Waals surface area contributed by atoms with E-state index in [1.165, 1.54) is 0 Å². The van der Waals surface area contributed by atoms with Gasteiger partial charge in [-0.15, -0.1) is 0 Å². The van der Waals surface area contributed by atoms with E-state index in [1.807, 2.05) is 13.1 Å². The molecule has 0 radical (unpaired) electrons. The highest BCUT2D eigenvalue weighted by Crippen LogP contribution is 2.24. The van der Waals surface area contributed by atoms with Gasteiger partial charge in [0.2, 0.25) is 0 Å². The Kier molecular flexibility index (Phi) is 3.24. The first kappa shape index (κ1) is 13.5. The number of carbonyl (C=O) groups is 1. The fourth-order valence-electron chi connectivity index (χ4n) is 3.52. The number of fused-ring (bicyclic) bond motifs is 2. The molecule has 0 spiro atoms. The molecule has 2 aromatic heterocycles. The highest BCUT2D eigenvalue weighted by molar-refractivity contribution is 5.94. The number of imidazole rings is 1. The van der Waals surface area contributed by atoms with Crippen LogP contribution in [0.5, 0.6) is 0 Å². The average molecular weight is 300 g/mol. The molecule has 4 rings (SSSR count). The quantitative estimate of drug-likeness (QED) is 0.918. The number of amides is 1. The number of hydrogen-bond acceptors (Lipinski definition) is 4. The lowest BCUT2D eigenvalue weighted by Crippen LogP contribution is -2.41. The van der Waals surface area contributed by atoms with Crippen LogP contribution in [0.15, 0.2) is 10.7 Å². The Balaban J connectivity index is 1.48. The maximum atomic E-state index is 12.5. The molecule has 1 amide bonds. The number of hydrogen-bond donors (Lipinski definition) is 1. The molecule has 1 N–H and O–H groups in total. The second-order valence-corrected chi connectivity index (χ2v) is 6.30. The zero-order chi connectivity index (χ0) is 15.1. The van der Waals surface area contributed by atoms with Gasteiger partial charge in [-0.1, -0.05) is 5.16 Å². The maximum absolute atomic E-state index is 12.5. The summed E-state index contributed by atoms with van der Waals surface area (Å²) < 4.78 is 7.47. The summed E-state index contributed by atoms with van der Waals surface area (Å²) in [6, 6.07) is 0.129. The van der Waals surface area contributed by atoms with Gasteiger partial charge < -0.3 is 14.4 Å². The number of aryl methyl sites for hydroxylation is 3. The van der Waals surface area contributed by atoms with E-state index >= 15 is 0 Å². The smallest absolute Gasteiger partial charge is 0.274 e. The summed E-state index contributed by atoms with van der Waals surface area (Å²) in [5.74, 6) is 1.91. The largest absolute Gasteiger partial charge is 0.360 e. The summed E-state index contributed by atoms with van der Waals surface area (Å²) in [6.07, 6.45) is 7.89. The third-order valence-electron chi connectivity index (χ3n) is 4.61. The fraction of sp³-hybridized carbons (Fsp3) is 0.562. The minimum Gasteiger partial charge on any atom is -0.360 e. The van der Waals surface area contributed by atoms with E-state index in [4.69, 9.17) is 4.52 Å². The zero-order valence-electron chi connectivity index (χ0n) is 12.8. The predicted molar refractivity (Wildman–Crippen MR) is 79.7 cm³/mol. The minimum atomic E-state index is -0.0998. The van der Waals surface area contributed by atoms with E-state index in [9.17, 15) is 4.79 Å². The van der Waals surface area contributed by atoms with Crippen LogP contribution in [-0.2, 0) is 25.8 Å². The van der Waals surface area contributed by atoms with Crippen LogP contribution in [0.2, 0.25) is 0 Å². The molecule has 6 heteroatoms. The first-order chi connectivity index (χ1) is 10.7. The number of aromatic nitrogens is 3. The van der Waals surface area contributed by atoms with Gasteiger partial charge in [0.15, 0.2) is 5.69 Å². The van der Waals surface area contributed by atoms with Crippen LogP contribution in [0, 0.1) is 6.92 Å². The van der Waals surface area contributed by atoms with Gasteiger partial charge in [-0.2, -0.15) is 0 Å². The van der Waals surface area contributed by atoms with Crippen LogP contribution in [-0.4, -0.2) is 26.7 Å². The first-order valence-corrected chi connectivity index (χ1v) is 8.01. The lowest BCUT2D eigenvalue weighted by Gasteiger charge is -2.24. The SMILES string of the molecule is Cc1cn2c(n1)CC[C@H](NC(=O)c1noc3c1CCCC3)C2. The van der Waals surface area contributed by atoms with E-state index in [1.54, 1.807) is 0 Å². The molecule has 0 fully saturated rings. The second-order valence-electron chi connectivity index (χ2n) is 6.30. The summed E-state index contributed by atoms with van der Waals surface area (Å²) in [5.41, 5.74) is 2.54. The van der Waals surface area contributed by atoms with Crippen molar-refractivity contribution in [3.05, 3.63) is 34.7 Å². The third-order valence-corrected chi connectivity index (χ3v) is 4.61. The van der Waals surface area contributed by atoms with Gasteiger partial charge in [0, 0.05) is 37.2 Å². The summed E-state index contributed by atoms with van der Waals surface area (Å²) in [5, 5.41) is 7.12. The van der Waals surface area contributed by atoms with Crippen molar-refractivity contribution in [2.24, 2.45) is 0 Å². The van der Waals surface area contributed by atoms with Crippen molar-refractivity contribution in [2.45, 2.75) is 58.0 Å². The molecule has 0 aromatic carbocycles. The van der Waals surface area contributed by atoms with E-state index in [2.05, 4.69) is 20.0 Å². The van der Waals surface area contributed by atoms with Gasteiger partial charge in [-0.25, -0.2) is 4.98 Å². The van der Waals surface area contributed by atoms with Crippen molar-refractivity contribution in [2.75, 3.05) is 0 Å². The first-order valence-electron chi connectivity index (χ1n) is 8.01. The average Bonchev–Trinajstić information content (AvgIpc) is 3.09. The maximum Gasteiger partial charge on any atom is 0.274 e. The predicted octanol–water partition coefficient (Wildman–Crippen LogP) is 1.80. The molecule has 1 aliphatic heterocycles. The van der Waals surface area contributed by atoms with Crippen molar-refractivity contribution in [1.29, 1.82) is 0 Å². The molecular formula is C16H20N4O2. The Morgan fingerprint density at radius 1 is 1.36 bits per heavy atom. The number of nitrogens with zero attached hydrogens (tertiary/aromatic N) is 3. The fourth-order valence-corrected chi connectivity index (χ4v) is 3.52. The number of nitrogens with one attached hydrogen (secondary N) is 1. The summed E-state index contributed by atoms with van der Waals surface area (Å²) in [4.78, 5) is 17.0. The highest BCUT2D eigenvalue weighted by Gasteiger charge is 2.27. The summed E-state index contributed by atoms with van der Waals surface area (Å²) >= 11 is 0. The molecule has 1 atom stereocenters. The van der Waals surface area contributed by atoms with E-state index in [0.717, 1.165) is 67.9 Å². The van der Waals surface area contributed by atoms with Crippen molar-refractivity contribution in [3.8, 4) is 0 Å². The van der Waals surface area contributed by atoms with Crippen molar-refractivity contribution >= 4 is 5.91 Å². The summed E-state index contributed by atoms with van der Waals surface area (Å²) in [7, 11) is 0. The Hall–Kier alpha value is -2.11. The van der Waals surface area contributed by atoms with Crippen molar-refractivity contribution < 1.29 is 9.32 Å². The molecule has 2 aliphatic rings. The number of carbonyl (C=O) groups excluding carboxylic acids is 1. The molecule has 116 valence electrons. The standard InChI is InChI=1S/C16H20N4O2/c1-10-8-20-9-11(6-7-14(20)17-10)18-16(21)15-12-4-2-3-5-13(12)22-19-15/h8,11H,2-7,9H2,1H3,(H,18,21)/t11-/m0/s1. The monoisotopic (exact) mass is 300 g/mol. The Labute approximate surface area is 128 Å². The topological polar surface area (TPSA) is 73.0 Å². The molecular weight excluding hydrogens is 280 g/mol. The molecule has 1 aliphatic carbocycles. The highest BCUT2D eigenvalue weighted by atomic mass is 16.5. The van der Waals surface area contributed by atoms with Crippen molar-refractivity contribution in [1.82, 2.24) is 20.0 Å². The van der Waals surface area contributed by atoms with Crippen LogP contribution in [0.1, 0.15) is 52.6 Å². The number of rotatable bonds is 2. The van der Waals surface area contributed by atoms with Gasteiger partial charge in [0.05, 0.1) is 5.69 Å². The second kappa shape index (κ2) is 5.26. The molecule has 2 aromatic rings. The lowest BCUT2D eigenvalue weighted by molar-refractivity contribution is 0.0917.